The van der Waals surface area contributed by atoms with Crippen LogP contribution in [0.4, 0.5) is 18.3 Å². The third-order valence-corrected chi connectivity index (χ3v) is 4.06. The minimum absolute atomic E-state index is 0.0220. The molecule has 0 unspecified atom stereocenters. The first-order valence-corrected chi connectivity index (χ1v) is 8.12. The fraction of sp³-hybridized carbons (Fsp3) is 0.118. The summed E-state index contributed by atoms with van der Waals surface area (Å²) in [5, 5.41) is 2.84. The zero-order valence-electron chi connectivity index (χ0n) is 12.8. The van der Waals surface area contributed by atoms with Gasteiger partial charge in [-0.1, -0.05) is 12.1 Å². The van der Waals surface area contributed by atoms with E-state index in [0.717, 1.165) is 17.6 Å². The average Bonchev–Trinajstić information content (AvgIpc) is 3.05. The molecule has 1 heterocycles. The van der Waals surface area contributed by atoms with E-state index in [1.54, 1.807) is 0 Å². The van der Waals surface area contributed by atoms with E-state index in [9.17, 15) is 18.0 Å². The lowest BCUT2D eigenvalue weighted by atomic mass is 10.1. The Labute approximate surface area is 145 Å². The van der Waals surface area contributed by atoms with Crippen molar-refractivity contribution in [1.82, 2.24) is 9.36 Å². The van der Waals surface area contributed by atoms with Gasteiger partial charge in [0.25, 0.3) is 0 Å². The molecule has 1 amide bonds. The van der Waals surface area contributed by atoms with Crippen LogP contribution in [-0.4, -0.2) is 15.3 Å². The van der Waals surface area contributed by atoms with Crippen molar-refractivity contribution in [2.45, 2.75) is 12.8 Å². The molecule has 0 bridgehead atoms. The molecule has 0 saturated carbocycles. The quantitative estimate of drug-likeness (QED) is 0.739. The summed E-state index contributed by atoms with van der Waals surface area (Å²) >= 11 is 0.983. The maximum Gasteiger partial charge on any atom is 0.226 e. The molecule has 0 aliphatic rings. The molecule has 0 saturated heterocycles. The van der Waals surface area contributed by atoms with Crippen molar-refractivity contribution in [3.05, 3.63) is 65.5 Å². The van der Waals surface area contributed by atoms with Crippen LogP contribution in [0.3, 0.4) is 0 Å². The Balaban J connectivity index is 1.60. The summed E-state index contributed by atoms with van der Waals surface area (Å²) in [7, 11) is 0. The Bertz CT molecular complexity index is 896. The van der Waals surface area contributed by atoms with Crippen molar-refractivity contribution in [2.24, 2.45) is 0 Å². The zero-order valence-corrected chi connectivity index (χ0v) is 13.6. The molecule has 0 aliphatic carbocycles. The number of aryl methyl sites for hydroxylation is 1. The number of aromatic nitrogens is 2. The maximum absolute atomic E-state index is 13.5. The van der Waals surface area contributed by atoms with Gasteiger partial charge in [0.2, 0.25) is 11.0 Å². The molecule has 8 heteroatoms. The van der Waals surface area contributed by atoms with Crippen LogP contribution >= 0.6 is 11.5 Å². The number of rotatable bonds is 5. The summed E-state index contributed by atoms with van der Waals surface area (Å²) in [6.45, 7) is 0. The molecule has 3 rings (SSSR count). The lowest BCUT2D eigenvalue weighted by molar-refractivity contribution is -0.116. The Morgan fingerprint density at radius 1 is 1.08 bits per heavy atom. The van der Waals surface area contributed by atoms with Gasteiger partial charge in [-0.15, -0.1) is 0 Å². The van der Waals surface area contributed by atoms with Crippen molar-refractivity contribution < 1.29 is 18.0 Å². The number of benzene rings is 2. The molecule has 0 fully saturated rings. The molecule has 4 nitrogen and oxygen atoms in total. The number of hydrogen-bond acceptors (Lipinski definition) is 4. The fourth-order valence-electron chi connectivity index (χ4n) is 2.16. The minimum Gasteiger partial charge on any atom is -0.301 e. The SMILES string of the molecule is O=C(CCc1cccc(F)c1F)Nc1nc(-c2ccc(F)cc2)ns1. The Hall–Kier alpha value is -2.74. The van der Waals surface area contributed by atoms with Crippen LogP contribution < -0.4 is 5.32 Å². The highest BCUT2D eigenvalue weighted by atomic mass is 32.1. The van der Waals surface area contributed by atoms with Gasteiger partial charge in [0.15, 0.2) is 17.5 Å². The number of nitrogens with zero attached hydrogens (tertiary/aromatic N) is 2. The smallest absolute Gasteiger partial charge is 0.226 e. The topological polar surface area (TPSA) is 54.9 Å². The number of carbonyl (C=O) groups is 1. The summed E-state index contributed by atoms with van der Waals surface area (Å²) < 4.78 is 43.7. The molecule has 0 spiro atoms. The summed E-state index contributed by atoms with van der Waals surface area (Å²) in [6.07, 6.45) is 0.0465. The molecular formula is C17H12F3N3OS. The van der Waals surface area contributed by atoms with Crippen LogP contribution in [0, 0.1) is 17.5 Å². The van der Waals surface area contributed by atoms with Crippen LogP contribution in [0.25, 0.3) is 11.4 Å². The van der Waals surface area contributed by atoms with E-state index < -0.39 is 11.6 Å². The summed E-state index contributed by atoms with van der Waals surface area (Å²) in [5.41, 5.74) is 0.763. The Kier molecular flexibility index (Phi) is 5.08. The Morgan fingerprint density at radius 2 is 1.84 bits per heavy atom. The lowest BCUT2D eigenvalue weighted by Crippen LogP contribution is -2.12. The van der Waals surface area contributed by atoms with Crippen molar-refractivity contribution in [3.63, 3.8) is 0 Å². The van der Waals surface area contributed by atoms with Crippen LogP contribution in [0.1, 0.15) is 12.0 Å². The zero-order chi connectivity index (χ0) is 17.8. The summed E-state index contributed by atoms with van der Waals surface area (Å²) in [5.74, 6) is -2.25. The first-order chi connectivity index (χ1) is 12.0. The fourth-order valence-corrected chi connectivity index (χ4v) is 2.77. The molecule has 0 aliphatic heterocycles. The monoisotopic (exact) mass is 363 g/mol. The van der Waals surface area contributed by atoms with E-state index in [-0.39, 0.29) is 35.3 Å². The van der Waals surface area contributed by atoms with Gasteiger partial charge in [-0.05, 0) is 42.3 Å². The van der Waals surface area contributed by atoms with Crippen molar-refractivity contribution in [2.75, 3.05) is 5.32 Å². The molecular weight excluding hydrogens is 351 g/mol. The third kappa shape index (κ3) is 4.21. The van der Waals surface area contributed by atoms with E-state index in [4.69, 9.17) is 0 Å². The van der Waals surface area contributed by atoms with Crippen molar-refractivity contribution >= 4 is 22.6 Å². The van der Waals surface area contributed by atoms with E-state index in [1.807, 2.05) is 0 Å². The van der Waals surface area contributed by atoms with Gasteiger partial charge in [0, 0.05) is 23.5 Å². The van der Waals surface area contributed by atoms with Crippen LogP contribution in [0.2, 0.25) is 0 Å². The summed E-state index contributed by atoms with van der Waals surface area (Å²) in [6, 6.07) is 9.52. The highest BCUT2D eigenvalue weighted by Gasteiger charge is 2.12. The van der Waals surface area contributed by atoms with Crippen molar-refractivity contribution in [1.29, 1.82) is 0 Å². The van der Waals surface area contributed by atoms with Gasteiger partial charge < -0.3 is 5.32 Å². The number of hydrogen-bond donors (Lipinski definition) is 1. The normalized spacial score (nSPS) is 10.7. The van der Waals surface area contributed by atoms with E-state index >= 15 is 0 Å². The van der Waals surface area contributed by atoms with Gasteiger partial charge in [-0.3, -0.25) is 4.79 Å². The predicted octanol–water partition coefficient (Wildman–Crippen LogP) is 4.19. The number of amides is 1. The third-order valence-electron chi connectivity index (χ3n) is 3.43. The highest BCUT2D eigenvalue weighted by Crippen LogP contribution is 2.21. The second kappa shape index (κ2) is 7.43. The van der Waals surface area contributed by atoms with E-state index in [2.05, 4.69) is 14.7 Å². The molecule has 2 aromatic carbocycles. The van der Waals surface area contributed by atoms with Gasteiger partial charge in [-0.25, -0.2) is 13.2 Å². The second-order valence-corrected chi connectivity index (χ2v) is 5.94. The Morgan fingerprint density at radius 3 is 2.60 bits per heavy atom. The van der Waals surface area contributed by atoms with Crippen LogP contribution in [-0.2, 0) is 11.2 Å². The van der Waals surface area contributed by atoms with Crippen LogP contribution in [0.5, 0.6) is 0 Å². The van der Waals surface area contributed by atoms with Gasteiger partial charge in [-0.2, -0.15) is 9.36 Å². The van der Waals surface area contributed by atoms with E-state index in [1.165, 1.54) is 36.4 Å². The first kappa shape index (κ1) is 17.1. The predicted molar refractivity (Wildman–Crippen MR) is 88.6 cm³/mol. The van der Waals surface area contributed by atoms with Gasteiger partial charge >= 0.3 is 0 Å². The minimum atomic E-state index is -0.940. The van der Waals surface area contributed by atoms with E-state index in [0.29, 0.717) is 11.4 Å². The number of anilines is 1. The van der Waals surface area contributed by atoms with Gasteiger partial charge in [0.1, 0.15) is 5.82 Å². The lowest BCUT2D eigenvalue weighted by Gasteiger charge is -2.04. The largest absolute Gasteiger partial charge is 0.301 e. The van der Waals surface area contributed by atoms with Crippen LogP contribution in [0.15, 0.2) is 42.5 Å². The average molecular weight is 363 g/mol. The maximum atomic E-state index is 13.5. The standard InChI is InChI=1S/C17H12F3N3OS/c18-12-7-4-11(5-8-12)16-22-17(25-23-16)21-14(24)9-6-10-2-1-3-13(19)15(10)20/h1-5,7-8H,6,9H2,(H,21,22,23,24). The van der Waals surface area contributed by atoms with Crippen molar-refractivity contribution in [3.8, 4) is 11.4 Å². The number of nitrogens with one attached hydrogen (secondary N) is 1. The number of carbonyl (C=O) groups excluding carboxylic acids is 1. The summed E-state index contributed by atoms with van der Waals surface area (Å²) in [4.78, 5) is 16.1. The second-order valence-electron chi connectivity index (χ2n) is 5.19. The molecule has 0 radical (unpaired) electrons. The molecule has 1 N–H and O–H groups in total. The molecule has 3 aromatic rings. The molecule has 1 aromatic heterocycles. The first-order valence-electron chi connectivity index (χ1n) is 7.35. The van der Waals surface area contributed by atoms with Gasteiger partial charge in [0.05, 0.1) is 0 Å². The highest BCUT2D eigenvalue weighted by molar-refractivity contribution is 7.10. The number of halogens is 3. The molecule has 0 atom stereocenters. The molecule has 25 heavy (non-hydrogen) atoms. The molecule has 128 valence electrons.